The topological polar surface area (TPSA) is 42.8 Å². The number of nitrogens with one attached hydrogen (secondary N) is 1. The molecule has 0 aliphatic carbocycles. The van der Waals surface area contributed by atoms with E-state index in [1.54, 1.807) is 14.2 Å². The zero-order valence-electron chi connectivity index (χ0n) is 13.7. The Hall–Kier alpha value is -1.95. The van der Waals surface area contributed by atoms with Crippen LogP contribution in [-0.2, 0) is 4.74 Å². The number of para-hydroxylation sites is 1. The van der Waals surface area contributed by atoms with Gasteiger partial charge in [-0.3, -0.25) is 0 Å². The van der Waals surface area contributed by atoms with Gasteiger partial charge in [0.1, 0.15) is 11.1 Å². The molecule has 0 bridgehead atoms. The molecule has 0 saturated carbocycles. The Labute approximate surface area is 152 Å². The number of hydrogen-bond acceptors (Lipinski definition) is 4. The summed E-state index contributed by atoms with van der Waals surface area (Å²) in [7, 11) is 3.37. The van der Waals surface area contributed by atoms with Crippen molar-refractivity contribution in [2.24, 2.45) is 5.16 Å². The Balaban J connectivity index is 2.25. The summed E-state index contributed by atoms with van der Waals surface area (Å²) in [6.07, 6.45) is -0.396. The van der Waals surface area contributed by atoms with Gasteiger partial charge in [0.2, 0.25) is 0 Å². The predicted molar refractivity (Wildman–Crippen MR) is 102 cm³/mol. The number of thiocarbonyl (C=S) groups is 1. The highest BCUT2D eigenvalue weighted by atomic mass is 35.5. The van der Waals surface area contributed by atoms with Crippen LogP contribution in [-0.4, -0.2) is 24.9 Å². The lowest BCUT2D eigenvalue weighted by Gasteiger charge is -2.18. The molecule has 0 spiro atoms. The van der Waals surface area contributed by atoms with Gasteiger partial charge in [-0.05, 0) is 30.7 Å². The van der Waals surface area contributed by atoms with Gasteiger partial charge in [-0.15, -0.1) is 0 Å². The van der Waals surface area contributed by atoms with Crippen molar-refractivity contribution in [2.45, 2.75) is 13.0 Å². The molecule has 0 fully saturated rings. The second kappa shape index (κ2) is 8.78. The van der Waals surface area contributed by atoms with E-state index >= 15 is 0 Å². The molecule has 2 aromatic rings. The van der Waals surface area contributed by atoms with E-state index in [1.807, 2.05) is 55.5 Å². The minimum Gasteiger partial charge on any atom is -0.380 e. The van der Waals surface area contributed by atoms with Crippen molar-refractivity contribution < 1.29 is 9.57 Å². The van der Waals surface area contributed by atoms with Crippen molar-refractivity contribution in [1.82, 2.24) is 5.32 Å². The minimum absolute atomic E-state index is 0.396. The van der Waals surface area contributed by atoms with E-state index < -0.39 is 6.10 Å². The van der Waals surface area contributed by atoms with E-state index in [4.69, 9.17) is 33.4 Å². The number of hydrogen-bond donors (Lipinski definition) is 1. The summed E-state index contributed by atoms with van der Waals surface area (Å²) in [4.78, 5) is 6.22. The minimum atomic E-state index is -0.396. The zero-order chi connectivity index (χ0) is 17.5. The Morgan fingerprint density at radius 2 is 1.83 bits per heavy atom. The van der Waals surface area contributed by atoms with E-state index in [2.05, 4.69) is 10.5 Å². The van der Waals surface area contributed by atoms with Gasteiger partial charge in [0.05, 0.1) is 5.71 Å². The van der Waals surface area contributed by atoms with Crippen LogP contribution in [0, 0.1) is 0 Å². The van der Waals surface area contributed by atoms with Crippen molar-refractivity contribution in [3.63, 3.8) is 0 Å². The lowest BCUT2D eigenvalue weighted by Crippen LogP contribution is -2.25. The molecule has 4 nitrogen and oxygen atoms in total. The highest BCUT2D eigenvalue weighted by molar-refractivity contribution is 7.80. The third-order valence-electron chi connectivity index (χ3n) is 3.46. The van der Waals surface area contributed by atoms with E-state index in [0.29, 0.717) is 15.8 Å². The maximum absolute atomic E-state index is 5.90. The monoisotopic (exact) mass is 362 g/mol. The van der Waals surface area contributed by atoms with E-state index in [1.165, 1.54) is 0 Å². The van der Waals surface area contributed by atoms with E-state index in [9.17, 15) is 0 Å². The fraction of sp³-hybridized carbons (Fsp3) is 0.222. The molecule has 1 unspecified atom stereocenters. The summed E-state index contributed by atoms with van der Waals surface area (Å²) in [6.45, 7) is 1.87. The number of likely N-dealkylation sites (N-methyl/N-ethyl adjacent to an activating group) is 1. The van der Waals surface area contributed by atoms with Crippen molar-refractivity contribution in [2.75, 3.05) is 14.2 Å². The van der Waals surface area contributed by atoms with Crippen molar-refractivity contribution >= 4 is 34.5 Å². The predicted octanol–water partition coefficient (Wildman–Crippen LogP) is 4.38. The standard InChI is InChI=1S/C18H19ClN2O2S/c1-12(13-8-10-14(19)11-9-13)21-23-16-7-5-4-6-15(16)17(22-3)18(24)20-2/h4-11,17H,1-3H3,(H,20,24)/b21-12+. The highest BCUT2D eigenvalue weighted by Gasteiger charge is 2.19. The Bertz CT molecular complexity index is 732. The molecule has 0 heterocycles. The maximum atomic E-state index is 5.90. The summed E-state index contributed by atoms with van der Waals surface area (Å²) >= 11 is 11.2. The Morgan fingerprint density at radius 1 is 1.17 bits per heavy atom. The molecule has 0 saturated heterocycles. The smallest absolute Gasteiger partial charge is 0.164 e. The quantitative estimate of drug-likeness (QED) is 0.470. The molecular weight excluding hydrogens is 344 g/mol. The Kier molecular flexibility index (Phi) is 6.73. The first kappa shape index (κ1) is 18.4. The van der Waals surface area contributed by atoms with Crippen molar-refractivity contribution in [3.8, 4) is 5.75 Å². The van der Waals surface area contributed by atoms with Crippen LogP contribution in [0.25, 0.3) is 0 Å². The largest absolute Gasteiger partial charge is 0.380 e. The summed E-state index contributed by atoms with van der Waals surface area (Å²) in [6, 6.07) is 14.9. The number of rotatable bonds is 6. The van der Waals surface area contributed by atoms with Gasteiger partial charge in [0, 0.05) is 24.7 Å². The Morgan fingerprint density at radius 3 is 2.46 bits per heavy atom. The van der Waals surface area contributed by atoms with E-state index in [0.717, 1.165) is 16.8 Å². The van der Waals surface area contributed by atoms with Crippen LogP contribution in [0.3, 0.4) is 0 Å². The van der Waals surface area contributed by atoms with Gasteiger partial charge >= 0.3 is 0 Å². The van der Waals surface area contributed by atoms with Crippen LogP contribution in [0.15, 0.2) is 53.7 Å². The number of nitrogens with zero attached hydrogens (tertiary/aromatic N) is 1. The van der Waals surface area contributed by atoms with Crippen molar-refractivity contribution in [3.05, 3.63) is 64.7 Å². The molecule has 24 heavy (non-hydrogen) atoms. The molecule has 0 radical (unpaired) electrons. The first-order valence-corrected chi connectivity index (χ1v) is 8.16. The number of halogens is 1. The fourth-order valence-corrected chi connectivity index (χ4v) is 2.50. The molecule has 0 aromatic heterocycles. The summed E-state index contributed by atoms with van der Waals surface area (Å²) in [5, 5.41) is 7.83. The summed E-state index contributed by atoms with van der Waals surface area (Å²) < 4.78 is 5.49. The highest BCUT2D eigenvalue weighted by Crippen LogP contribution is 2.28. The van der Waals surface area contributed by atoms with Crippen LogP contribution in [0.5, 0.6) is 5.75 Å². The molecule has 0 amide bonds. The molecule has 1 atom stereocenters. The molecule has 126 valence electrons. The lowest BCUT2D eigenvalue weighted by atomic mass is 10.1. The molecular formula is C18H19ClN2O2S. The van der Waals surface area contributed by atoms with E-state index in [-0.39, 0.29) is 0 Å². The molecule has 1 N–H and O–H groups in total. The lowest BCUT2D eigenvalue weighted by molar-refractivity contribution is 0.153. The van der Waals surface area contributed by atoms with Gasteiger partial charge < -0.3 is 14.9 Å². The third kappa shape index (κ3) is 4.54. The van der Waals surface area contributed by atoms with Crippen LogP contribution in [0.4, 0.5) is 0 Å². The third-order valence-corrected chi connectivity index (χ3v) is 4.13. The summed E-state index contributed by atoms with van der Waals surface area (Å²) in [5.74, 6) is 0.593. The zero-order valence-corrected chi connectivity index (χ0v) is 15.3. The van der Waals surface area contributed by atoms with Gasteiger partial charge in [-0.25, -0.2) is 0 Å². The van der Waals surface area contributed by atoms with Gasteiger partial charge in [0.15, 0.2) is 5.75 Å². The number of ether oxygens (including phenoxy) is 1. The summed E-state index contributed by atoms with van der Waals surface area (Å²) in [5.41, 5.74) is 2.49. The first-order valence-electron chi connectivity index (χ1n) is 7.37. The number of methoxy groups -OCH3 is 1. The maximum Gasteiger partial charge on any atom is 0.164 e. The van der Waals surface area contributed by atoms with Crippen LogP contribution in [0.1, 0.15) is 24.2 Å². The second-order valence-electron chi connectivity index (χ2n) is 5.04. The molecule has 2 rings (SSSR count). The molecule has 0 aliphatic heterocycles. The van der Waals surface area contributed by atoms with Crippen LogP contribution >= 0.6 is 23.8 Å². The first-order chi connectivity index (χ1) is 11.6. The average Bonchev–Trinajstić information content (AvgIpc) is 2.61. The number of oxime groups is 1. The second-order valence-corrected chi connectivity index (χ2v) is 5.92. The molecule has 6 heteroatoms. The molecule has 0 aliphatic rings. The van der Waals surface area contributed by atoms with Crippen molar-refractivity contribution in [1.29, 1.82) is 0 Å². The SMILES string of the molecule is CNC(=S)C(OC)c1ccccc1O/N=C(\C)c1ccc(Cl)cc1. The van der Waals surface area contributed by atoms with Crippen LogP contribution in [0.2, 0.25) is 5.02 Å². The van der Waals surface area contributed by atoms with Crippen LogP contribution < -0.4 is 10.2 Å². The average molecular weight is 363 g/mol. The fourth-order valence-electron chi connectivity index (χ4n) is 2.15. The number of benzene rings is 2. The van der Waals surface area contributed by atoms with Gasteiger partial charge in [-0.1, -0.05) is 59.3 Å². The normalized spacial score (nSPS) is 12.6. The molecule has 2 aromatic carbocycles. The van der Waals surface area contributed by atoms with Gasteiger partial charge in [-0.2, -0.15) is 0 Å². The van der Waals surface area contributed by atoms with Gasteiger partial charge in [0.25, 0.3) is 0 Å².